The molecule has 0 radical (unpaired) electrons. The molecule has 1 aliphatic heterocycles. The first-order chi connectivity index (χ1) is 21.4. The zero-order chi connectivity index (χ0) is 30.6. The van der Waals surface area contributed by atoms with Gasteiger partial charge in [-0.1, -0.05) is 12.1 Å². The van der Waals surface area contributed by atoms with Gasteiger partial charge in [0.2, 0.25) is 0 Å². The monoisotopic (exact) mass is 589 g/mol. The Balaban J connectivity index is 1.20. The number of carbonyl (C=O) groups is 2. The van der Waals surface area contributed by atoms with E-state index in [1.165, 1.54) is 4.57 Å². The van der Waals surface area contributed by atoms with Crippen molar-refractivity contribution in [3.05, 3.63) is 119 Å². The molecule has 0 spiro atoms. The number of amides is 2. The predicted octanol–water partition coefficient (Wildman–Crippen LogP) is 4.41. The summed E-state index contributed by atoms with van der Waals surface area (Å²) in [5.74, 6) is -0.150. The van der Waals surface area contributed by atoms with Gasteiger partial charge in [0.25, 0.3) is 17.4 Å². The van der Waals surface area contributed by atoms with Crippen LogP contribution in [0.15, 0.2) is 96.4 Å². The number of imidazole rings is 1. The Morgan fingerprint density at radius 2 is 1.66 bits per heavy atom. The van der Waals surface area contributed by atoms with Gasteiger partial charge in [-0.15, -0.1) is 0 Å². The van der Waals surface area contributed by atoms with Gasteiger partial charge < -0.3 is 29.4 Å². The van der Waals surface area contributed by atoms with Crippen LogP contribution in [0.4, 0.5) is 17.2 Å². The Labute approximate surface area is 253 Å². The molecule has 5 aromatic rings. The molecule has 0 aliphatic carbocycles. The number of morpholine rings is 1. The number of ether oxygens (including phenoxy) is 1. The molecule has 3 heterocycles. The third-order valence-electron chi connectivity index (χ3n) is 7.55. The van der Waals surface area contributed by atoms with Crippen LogP contribution in [0.2, 0.25) is 0 Å². The second-order valence-corrected chi connectivity index (χ2v) is 10.4. The van der Waals surface area contributed by atoms with E-state index in [-0.39, 0.29) is 23.2 Å². The lowest BCUT2D eigenvalue weighted by Crippen LogP contribution is -2.40. The number of aromatic nitrogens is 4. The fraction of sp³-hybridized carbons (Fsp3) is 0.182. The van der Waals surface area contributed by atoms with E-state index in [2.05, 4.69) is 20.6 Å². The number of nitrogens with one attached hydrogen (secondary N) is 2. The summed E-state index contributed by atoms with van der Waals surface area (Å²) in [7, 11) is 1.66. The Morgan fingerprint density at radius 1 is 0.932 bits per heavy atom. The molecule has 0 atom stereocenters. The molecule has 1 aliphatic rings. The third kappa shape index (κ3) is 5.99. The van der Waals surface area contributed by atoms with Crippen LogP contribution in [0.5, 0.6) is 0 Å². The topological polar surface area (TPSA) is 123 Å². The molecule has 2 amide bonds. The first-order valence-electron chi connectivity index (χ1n) is 14.2. The number of carbonyl (C=O) groups excluding carboxylic acids is 2. The van der Waals surface area contributed by atoms with Crippen molar-refractivity contribution in [3.8, 4) is 16.9 Å². The van der Waals surface area contributed by atoms with Gasteiger partial charge in [0.05, 0.1) is 25.2 Å². The predicted molar refractivity (Wildman–Crippen MR) is 168 cm³/mol. The fourth-order valence-electron chi connectivity index (χ4n) is 5.04. The van der Waals surface area contributed by atoms with Crippen LogP contribution in [0.1, 0.15) is 26.3 Å². The summed E-state index contributed by atoms with van der Waals surface area (Å²) in [4.78, 5) is 49.3. The molecule has 222 valence electrons. The first-order valence-corrected chi connectivity index (χ1v) is 14.2. The highest BCUT2D eigenvalue weighted by Gasteiger charge is 2.19. The average molecular weight is 590 g/mol. The molecule has 1 saturated heterocycles. The normalized spacial score (nSPS) is 13.0. The van der Waals surface area contributed by atoms with Gasteiger partial charge in [-0.2, -0.15) is 0 Å². The van der Waals surface area contributed by atoms with Crippen LogP contribution in [0.25, 0.3) is 16.9 Å². The summed E-state index contributed by atoms with van der Waals surface area (Å²) >= 11 is 0. The van der Waals surface area contributed by atoms with Crippen molar-refractivity contribution in [2.45, 2.75) is 6.92 Å². The number of anilines is 3. The van der Waals surface area contributed by atoms with E-state index >= 15 is 0 Å². The molecule has 0 unspecified atom stereocenters. The van der Waals surface area contributed by atoms with Crippen molar-refractivity contribution < 1.29 is 14.3 Å². The molecule has 0 saturated carbocycles. The van der Waals surface area contributed by atoms with Crippen LogP contribution in [-0.2, 0) is 11.8 Å². The molecule has 11 nitrogen and oxygen atoms in total. The highest BCUT2D eigenvalue weighted by Crippen LogP contribution is 2.28. The van der Waals surface area contributed by atoms with Crippen molar-refractivity contribution in [1.82, 2.24) is 24.0 Å². The Kier molecular flexibility index (Phi) is 8.02. The highest BCUT2D eigenvalue weighted by atomic mass is 16.5. The van der Waals surface area contributed by atoms with Gasteiger partial charge in [-0.3, -0.25) is 14.4 Å². The van der Waals surface area contributed by atoms with Crippen molar-refractivity contribution >= 4 is 29.0 Å². The molecular weight excluding hydrogens is 558 g/mol. The zero-order valence-electron chi connectivity index (χ0n) is 24.4. The highest BCUT2D eigenvalue weighted by molar-refractivity contribution is 6.05. The van der Waals surface area contributed by atoms with Crippen LogP contribution in [0.3, 0.4) is 0 Å². The van der Waals surface area contributed by atoms with E-state index in [4.69, 9.17) is 4.74 Å². The van der Waals surface area contributed by atoms with Crippen LogP contribution in [-0.4, -0.2) is 62.1 Å². The second-order valence-electron chi connectivity index (χ2n) is 10.4. The lowest BCUT2D eigenvalue weighted by molar-refractivity contribution is 0.0303. The summed E-state index contributed by atoms with van der Waals surface area (Å²) in [6, 6.07) is 19.8. The van der Waals surface area contributed by atoms with Gasteiger partial charge in [-0.25, -0.2) is 9.97 Å². The standard InChI is InChI=1S/C33H31N7O4/c1-22-27(4-3-5-28(22)37-31(41)23-8-12-26(13-9-23)40-15-14-34-21-40)29-20-38(2)33(43)30(36-29)35-25-10-6-24(7-11-25)32(42)39-16-18-44-19-17-39/h3-15,20-21H,16-19H2,1-2H3,(H,35,36)(H,37,41). The van der Waals surface area contributed by atoms with Crippen molar-refractivity contribution in [1.29, 1.82) is 0 Å². The number of aryl methyl sites for hydroxylation is 1. The van der Waals surface area contributed by atoms with Crippen LogP contribution in [0, 0.1) is 6.92 Å². The van der Waals surface area contributed by atoms with E-state index in [0.717, 1.165) is 16.8 Å². The van der Waals surface area contributed by atoms with E-state index in [9.17, 15) is 14.4 Å². The number of rotatable bonds is 7. The lowest BCUT2D eigenvalue weighted by atomic mass is 10.0. The third-order valence-corrected chi connectivity index (χ3v) is 7.55. The minimum atomic E-state index is -0.302. The number of benzene rings is 3. The van der Waals surface area contributed by atoms with Gasteiger partial charge in [-0.05, 0) is 67.1 Å². The summed E-state index contributed by atoms with van der Waals surface area (Å²) in [6.45, 7) is 4.10. The van der Waals surface area contributed by atoms with Gasteiger partial charge in [0.1, 0.15) is 0 Å². The molecule has 44 heavy (non-hydrogen) atoms. The maximum atomic E-state index is 13.1. The number of hydrogen-bond acceptors (Lipinski definition) is 7. The van der Waals surface area contributed by atoms with E-state index < -0.39 is 0 Å². The minimum absolute atomic E-state index is 0.0511. The quantitative estimate of drug-likeness (QED) is 0.288. The van der Waals surface area contributed by atoms with E-state index in [0.29, 0.717) is 54.5 Å². The van der Waals surface area contributed by atoms with E-state index in [1.807, 2.05) is 48.0 Å². The largest absolute Gasteiger partial charge is 0.378 e. The van der Waals surface area contributed by atoms with Gasteiger partial charge >= 0.3 is 0 Å². The SMILES string of the molecule is Cc1c(NC(=O)c2ccc(-n3ccnc3)cc2)cccc1-c1cn(C)c(=O)c(Nc2ccc(C(=O)N3CCOCC3)cc2)n1. The van der Waals surface area contributed by atoms with Crippen LogP contribution >= 0.6 is 0 Å². The van der Waals surface area contributed by atoms with Gasteiger partial charge in [0.15, 0.2) is 5.82 Å². The Hall–Kier alpha value is -5.55. The van der Waals surface area contributed by atoms with Gasteiger partial charge in [0, 0.05) is 72.5 Å². The molecule has 6 rings (SSSR count). The van der Waals surface area contributed by atoms with E-state index in [1.54, 1.807) is 67.1 Å². The number of nitrogens with zero attached hydrogens (tertiary/aromatic N) is 5. The van der Waals surface area contributed by atoms with Crippen LogP contribution < -0.4 is 16.2 Å². The smallest absolute Gasteiger partial charge is 0.293 e. The lowest BCUT2D eigenvalue weighted by Gasteiger charge is -2.26. The molecular formula is C33H31N7O4. The maximum absolute atomic E-state index is 13.1. The molecule has 1 fully saturated rings. The molecule has 2 N–H and O–H groups in total. The fourth-order valence-corrected chi connectivity index (χ4v) is 5.04. The van der Waals surface area contributed by atoms with Crippen molar-refractivity contribution in [2.75, 3.05) is 36.9 Å². The Bertz CT molecular complexity index is 1860. The maximum Gasteiger partial charge on any atom is 0.293 e. The summed E-state index contributed by atoms with van der Waals surface area (Å²) in [5.41, 5.74) is 5.08. The van der Waals surface area contributed by atoms with Crippen molar-refractivity contribution in [2.24, 2.45) is 7.05 Å². The molecule has 2 aromatic heterocycles. The minimum Gasteiger partial charge on any atom is -0.378 e. The first kappa shape index (κ1) is 28.6. The average Bonchev–Trinajstić information content (AvgIpc) is 3.60. The summed E-state index contributed by atoms with van der Waals surface area (Å²) in [6.07, 6.45) is 6.90. The molecule has 3 aromatic carbocycles. The molecule has 0 bridgehead atoms. The zero-order valence-corrected chi connectivity index (χ0v) is 24.4. The molecule has 11 heteroatoms. The second kappa shape index (κ2) is 12.4. The van der Waals surface area contributed by atoms with Crippen molar-refractivity contribution in [3.63, 3.8) is 0 Å². The summed E-state index contributed by atoms with van der Waals surface area (Å²) < 4.78 is 8.66. The number of hydrogen-bond donors (Lipinski definition) is 2. The summed E-state index contributed by atoms with van der Waals surface area (Å²) in [5, 5.41) is 6.11. The Morgan fingerprint density at radius 3 is 2.36 bits per heavy atom.